The maximum absolute atomic E-state index is 13.8. The molecule has 0 unspecified atom stereocenters. The van der Waals surface area contributed by atoms with Crippen molar-refractivity contribution in [3.63, 3.8) is 0 Å². The zero-order valence-electron chi connectivity index (χ0n) is 17.8. The number of thioether (sulfide) groups is 1. The van der Waals surface area contributed by atoms with E-state index in [1.165, 1.54) is 25.7 Å². The largest absolute Gasteiger partial charge is 0.481 e. The Hall–Kier alpha value is -3.46. The van der Waals surface area contributed by atoms with Gasteiger partial charge in [-0.05, 0) is 24.3 Å². The Bertz CT molecular complexity index is 1080. The molecule has 1 amide bonds. The third kappa shape index (κ3) is 5.31. The highest BCUT2D eigenvalue weighted by atomic mass is 32.2. The summed E-state index contributed by atoms with van der Waals surface area (Å²) in [5, 5.41) is 9.74. The SMILES string of the molecule is C#CCOc1cnc(C(=O)Nc2cnc(OC)c([C@H](C)[C@@H]3C[C@@]3(SC(=N)N)C(F)F)c2)cn1. The highest BCUT2D eigenvalue weighted by molar-refractivity contribution is 8.15. The van der Waals surface area contributed by atoms with Crippen LogP contribution in [0.15, 0.2) is 24.7 Å². The van der Waals surface area contributed by atoms with Crippen LogP contribution in [0.4, 0.5) is 14.5 Å². The maximum atomic E-state index is 13.8. The van der Waals surface area contributed by atoms with Gasteiger partial charge in [-0.1, -0.05) is 24.6 Å². The molecule has 3 atom stereocenters. The minimum absolute atomic E-state index is 0.0253. The summed E-state index contributed by atoms with van der Waals surface area (Å²) in [5.74, 6) is 1.36. The van der Waals surface area contributed by atoms with E-state index in [4.69, 9.17) is 27.0 Å². The molecule has 2 aromatic heterocycles. The fourth-order valence-corrected chi connectivity index (χ4v) is 4.69. The standard InChI is InChI=1S/C21H22F2N6O3S/c1-4-5-32-16-10-26-15(9-27-16)17(30)29-12-6-13(18(31-3)28-8-12)11(2)14-7-21(14,19(22)23)33-20(24)25/h1,6,8-11,14,19H,5,7H2,2-3H3,(H3,24,25)(H,29,30)/t11-,14-,21-/m0/s1. The number of hydrogen-bond acceptors (Lipinski definition) is 8. The van der Waals surface area contributed by atoms with Gasteiger partial charge in [-0.15, -0.1) is 6.42 Å². The van der Waals surface area contributed by atoms with Crippen LogP contribution in [0.25, 0.3) is 0 Å². The number of amides is 1. The molecule has 174 valence electrons. The molecule has 12 heteroatoms. The molecule has 1 aliphatic rings. The highest BCUT2D eigenvalue weighted by Crippen LogP contribution is 2.63. The molecule has 0 saturated heterocycles. The van der Waals surface area contributed by atoms with Crippen LogP contribution in [0.2, 0.25) is 0 Å². The lowest BCUT2D eigenvalue weighted by molar-refractivity contribution is 0.102. The number of hydrogen-bond donors (Lipinski definition) is 3. The quantitative estimate of drug-likeness (QED) is 0.286. The van der Waals surface area contributed by atoms with Gasteiger partial charge in [-0.25, -0.2) is 23.7 Å². The third-order valence-electron chi connectivity index (χ3n) is 5.26. The Balaban J connectivity index is 1.78. The molecule has 0 radical (unpaired) electrons. The average molecular weight is 477 g/mol. The number of carbonyl (C=O) groups excluding carboxylic acids is 1. The van der Waals surface area contributed by atoms with Crippen LogP contribution < -0.4 is 20.5 Å². The van der Waals surface area contributed by atoms with Gasteiger partial charge in [0.05, 0.1) is 36.1 Å². The predicted octanol–water partition coefficient (Wildman–Crippen LogP) is 2.90. The molecule has 1 aliphatic carbocycles. The van der Waals surface area contributed by atoms with E-state index in [2.05, 4.69) is 26.2 Å². The Morgan fingerprint density at radius 3 is 2.76 bits per heavy atom. The number of nitrogens with two attached hydrogens (primary N) is 1. The summed E-state index contributed by atoms with van der Waals surface area (Å²) >= 11 is 0.682. The Kier molecular flexibility index (Phi) is 7.33. The first kappa shape index (κ1) is 24.2. The van der Waals surface area contributed by atoms with Gasteiger partial charge in [0, 0.05) is 5.56 Å². The summed E-state index contributed by atoms with van der Waals surface area (Å²) in [6, 6.07) is 1.62. The molecular weight excluding hydrogens is 454 g/mol. The van der Waals surface area contributed by atoms with Gasteiger partial charge in [-0.3, -0.25) is 10.2 Å². The van der Waals surface area contributed by atoms with Gasteiger partial charge in [-0.2, -0.15) is 0 Å². The normalized spacial score (nSPS) is 19.9. The van der Waals surface area contributed by atoms with E-state index in [9.17, 15) is 13.6 Å². The number of rotatable bonds is 9. The fraction of sp³-hybridized carbons (Fsp3) is 0.381. The van der Waals surface area contributed by atoms with Crippen molar-refractivity contribution in [1.82, 2.24) is 15.0 Å². The van der Waals surface area contributed by atoms with E-state index >= 15 is 0 Å². The fourth-order valence-electron chi connectivity index (χ4n) is 3.57. The highest BCUT2D eigenvalue weighted by Gasteiger charge is 2.64. The maximum Gasteiger partial charge on any atom is 0.275 e. The second-order valence-electron chi connectivity index (χ2n) is 7.33. The minimum Gasteiger partial charge on any atom is -0.481 e. The molecule has 33 heavy (non-hydrogen) atoms. The van der Waals surface area contributed by atoms with Crippen molar-refractivity contribution in [1.29, 1.82) is 5.41 Å². The van der Waals surface area contributed by atoms with Gasteiger partial charge >= 0.3 is 0 Å². The van der Waals surface area contributed by atoms with Crippen LogP contribution in [0.1, 0.15) is 35.3 Å². The summed E-state index contributed by atoms with van der Waals surface area (Å²) < 4.78 is 36.6. The first-order valence-corrected chi connectivity index (χ1v) is 10.6. The van der Waals surface area contributed by atoms with Crippen LogP contribution in [0.3, 0.4) is 0 Å². The molecule has 4 N–H and O–H groups in total. The minimum atomic E-state index is -2.65. The van der Waals surface area contributed by atoms with E-state index in [0.717, 1.165) is 0 Å². The molecule has 0 bridgehead atoms. The first-order chi connectivity index (χ1) is 15.7. The third-order valence-corrected chi connectivity index (χ3v) is 6.51. The van der Waals surface area contributed by atoms with Gasteiger partial charge in [0.2, 0.25) is 11.8 Å². The number of alkyl halides is 2. The number of nitrogens with one attached hydrogen (secondary N) is 2. The lowest BCUT2D eigenvalue weighted by Gasteiger charge is -2.21. The second kappa shape index (κ2) is 9.99. The van der Waals surface area contributed by atoms with Crippen molar-refractivity contribution in [2.45, 2.75) is 30.4 Å². The van der Waals surface area contributed by atoms with Crippen molar-refractivity contribution in [2.75, 3.05) is 19.0 Å². The van der Waals surface area contributed by atoms with E-state index in [0.29, 0.717) is 23.0 Å². The zero-order valence-corrected chi connectivity index (χ0v) is 18.7. The van der Waals surface area contributed by atoms with Crippen LogP contribution >= 0.6 is 11.8 Å². The number of aromatic nitrogens is 3. The zero-order chi connectivity index (χ0) is 24.2. The molecule has 1 saturated carbocycles. The molecular formula is C21H22F2N6O3S. The van der Waals surface area contributed by atoms with Gasteiger partial charge in [0.15, 0.2) is 11.8 Å². The summed E-state index contributed by atoms with van der Waals surface area (Å²) in [7, 11) is 1.42. The predicted molar refractivity (Wildman–Crippen MR) is 120 cm³/mol. The number of carbonyl (C=O) groups is 1. The van der Waals surface area contributed by atoms with Crippen molar-refractivity contribution < 1.29 is 23.0 Å². The number of anilines is 1. The van der Waals surface area contributed by atoms with Gasteiger partial charge in [0.1, 0.15) is 5.69 Å². The first-order valence-electron chi connectivity index (χ1n) is 9.76. The monoisotopic (exact) mass is 476 g/mol. The van der Waals surface area contributed by atoms with Crippen molar-refractivity contribution in [3.8, 4) is 24.1 Å². The number of terminal acetylenes is 1. The number of halogens is 2. The van der Waals surface area contributed by atoms with Gasteiger partial charge < -0.3 is 20.5 Å². The molecule has 0 aliphatic heterocycles. The molecule has 0 aromatic carbocycles. The molecule has 0 spiro atoms. The number of ether oxygens (including phenoxy) is 2. The van der Waals surface area contributed by atoms with Crippen LogP contribution in [0, 0.1) is 23.7 Å². The van der Waals surface area contributed by atoms with Crippen molar-refractivity contribution in [2.24, 2.45) is 11.7 Å². The molecule has 2 heterocycles. The van der Waals surface area contributed by atoms with E-state index in [1.54, 1.807) is 13.0 Å². The summed E-state index contributed by atoms with van der Waals surface area (Å²) in [4.78, 5) is 24.7. The summed E-state index contributed by atoms with van der Waals surface area (Å²) in [6.07, 6.45) is 6.56. The van der Waals surface area contributed by atoms with Gasteiger partial charge in [0.25, 0.3) is 12.3 Å². The second-order valence-corrected chi connectivity index (χ2v) is 8.73. The molecule has 9 nitrogen and oxygen atoms in total. The van der Waals surface area contributed by atoms with E-state index in [1.807, 2.05) is 0 Å². The summed E-state index contributed by atoms with van der Waals surface area (Å²) in [5.41, 5.74) is 6.30. The van der Waals surface area contributed by atoms with E-state index < -0.39 is 28.9 Å². The molecule has 2 aromatic rings. The molecule has 3 rings (SSSR count). The Labute approximate surface area is 193 Å². The Morgan fingerprint density at radius 2 is 2.18 bits per heavy atom. The summed E-state index contributed by atoms with van der Waals surface area (Å²) in [6.45, 7) is 1.80. The van der Waals surface area contributed by atoms with E-state index in [-0.39, 0.29) is 35.6 Å². The van der Waals surface area contributed by atoms with Crippen LogP contribution in [-0.4, -0.2) is 50.9 Å². The number of amidine groups is 1. The lowest BCUT2D eigenvalue weighted by atomic mass is 9.95. The van der Waals surface area contributed by atoms with Crippen LogP contribution in [-0.2, 0) is 0 Å². The van der Waals surface area contributed by atoms with Crippen molar-refractivity contribution >= 4 is 28.5 Å². The lowest BCUT2D eigenvalue weighted by Crippen LogP contribution is -2.25. The Morgan fingerprint density at radius 1 is 1.42 bits per heavy atom. The number of methoxy groups -OCH3 is 1. The van der Waals surface area contributed by atoms with Crippen LogP contribution in [0.5, 0.6) is 11.8 Å². The smallest absolute Gasteiger partial charge is 0.275 e. The number of nitrogens with zero attached hydrogens (tertiary/aromatic N) is 3. The average Bonchev–Trinajstić information content (AvgIpc) is 3.52. The molecule has 1 fully saturated rings. The topological polar surface area (TPSA) is 136 Å². The number of pyridine rings is 1. The van der Waals surface area contributed by atoms with Crippen molar-refractivity contribution in [3.05, 3.63) is 35.9 Å².